The molecule has 0 aliphatic heterocycles. The highest BCUT2D eigenvalue weighted by Crippen LogP contribution is 2.17. The number of ketones is 1. The first kappa shape index (κ1) is 17.6. The summed E-state index contributed by atoms with van der Waals surface area (Å²) >= 11 is 0. The van der Waals surface area contributed by atoms with Crippen LogP contribution in [0.15, 0.2) is 24.3 Å². The van der Waals surface area contributed by atoms with Crippen molar-refractivity contribution >= 4 is 5.78 Å². The van der Waals surface area contributed by atoms with Gasteiger partial charge in [-0.25, -0.2) is 0 Å². The quantitative estimate of drug-likeness (QED) is 0.431. The second-order valence-corrected chi connectivity index (χ2v) is 5.21. The molecule has 0 heterocycles. The average molecular weight is 296 g/mol. The van der Waals surface area contributed by atoms with Crippen molar-refractivity contribution in [2.24, 2.45) is 0 Å². The van der Waals surface area contributed by atoms with Gasteiger partial charge < -0.3 is 19.3 Å². The van der Waals surface area contributed by atoms with Gasteiger partial charge >= 0.3 is 0 Å². The summed E-state index contributed by atoms with van der Waals surface area (Å²) in [7, 11) is 1.60. The highest BCUT2D eigenvalue weighted by molar-refractivity contribution is 6.01. The van der Waals surface area contributed by atoms with Gasteiger partial charge in [0.15, 0.2) is 12.1 Å². The lowest BCUT2D eigenvalue weighted by Crippen LogP contribution is -2.30. The van der Waals surface area contributed by atoms with Crippen molar-refractivity contribution in [3.63, 3.8) is 0 Å². The number of benzene rings is 1. The lowest BCUT2D eigenvalue weighted by Gasteiger charge is -2.16. The molecule has 0 amide bonds. The molecule has 1 rings (SSSR count). The molecule has 1 unspecified atom stereocenters. The zero-order valence-corrected chi connectivity index (χ0v) is 13.1. The molecule has 0 aromatic heterocycles. The van der Waals surface area contributed by atoms with Gasteiger partial charge in [-0.1, -0.05) is 6.92 Å². The Balaban J connectivity index is 2.43. The van der Waals surface area contributed by atoms with E-state index >= 15 is 0 Å². The summed E-state index contributed by atoms with van der Waals surface area (Å²) in [5.41, 5.74) is -0.914. The van der Waals surface area contributed by atoms with Crippen LogP contribution in [-0.4, -0.2) is 43.1 Å². The Bertz CT molecular complexity index is 429. The van der Waals surface area contributed by atoms with E-state index in [1.165, 1.54) is 13.8 Å². The Morgan fingerprint density at radius 2 is 1.86 bits per heavy atom. The Labute approximate surface area is 125 Å². The molecule has 0 fully saturated rings. The first-order chi connectivity index (χ1) is 9.88. The number of carbonyl (C=O) groups is 1. The van der Waals surface area contributed by atoms with Crippen LogP contribution in [0.2, 0.25) is 0 Å². The maximum absolute atomic E-state index is 11.9. The monoisotopic (exact) mass is 296 g/mol. The third kappa shape index (κ3) is 5.83. The van der Waals surface area contributed by atoms with Crippen LogP contribution in [0.4, 0.5) is 0 Å². The summed E-state index contributed by atoms with van der Waals surface area (Å²) < 4.78 is 16.0. The Hall–Kier alpha value is -1.43. The lowest BCUT2D eigenvalue weighted by atomic mass is 9.97. The van der Waals surface area contributed by atoms with Gasteiger partial charge in [0, 0.05) is 12.7 Å². The van der Waals surface area contributed by atoms with Crippen LogP contribution in [0.3, 0.4) is 0 Å². The van der Waals surface area contributed by atoms with E-state index in [1.54, 1.807) is 31.4 Å². The number of aliphatic hydroxyl groups is 1. The molecule has 0 saturated heterocycles. The Morgan fingerprint density at radius 3 is 2.33 bits per heavy atom. The van der Waals surface area contributed by atoms with Gasteiger partial charge in [0.05, 0.1) is 6.61 Å². The van der Waals surface area contributed by atoms with Gasteiger partial charge in [-0.3, -0.25) is 4.79 Å². The molecule has 1 N–H and O–H groups in total. The minimum absolute atomic E-state index is 0.208. The molecule has 0 aliphatic rings. The normalized spacial score (nSPS) is 13.0. The highest BCUT2D eigenvalue weighted by atomic mass is 16.7. The average Bonchev–Trinajstić information content (AvgIpc) is 2.46. The number of carbonyl (C=O) groups excluding carboxylic acids is 1. The maximum atomic E-state index is 11.9. The smallest absolute Gasteiger partial charge is 0.193 e. The summed E-state index contributed by atoms with van der Waals surface area (Å²) in [5, 5.41) is 9.67. The topological polar surface area (TPSA) is 65.0 Å². The summed E-state index contributed by atoms with van der Waals surface area (Å²) in [6.07, 6.45) is 0.574. The van der Waals surface area contributed by atoms with E-state index in [9.17, 15) is 9.90 Å². The molecule has 5 nitrogen and oxygen atoms in total. The van der Waals surface area contributed by atoms with E-state index in [0.717, 1.165) is 6.42 Å². The van der Waals surface area contributed by atoms with Crippen molar-refractivity contribution < 1.29 is 24.1 Å². The van der Waals surface area contributed by atoms with Crippen LogP contribution in [0.1, 0.15) is 37.6 Å². The second-order valence-electron chi connectivity index (χ2n) is 5.21. The van der Waals surface area contributed by atoms with Crippen molar-refractivity contribution in [2.45, 2.75) is 39.1 Å². The second kappa shape index (κ2) is 8.12. The molecular formula is C16H24O5. The van der Waals surface area contributed by atoms with E-state index in [-0.39, 0.29) is 12.1 Å². The SMILES string of the molecule is CCC(OC)OCCOc1ccc(C(=O)C(C)(C)O)cc1. The number of ether oxygens (including phenoxy) is 3. The number of hydrogen-bond donors (Lipinski definition) is 1. The minimum Gasteiger partial charge on any atom is -0.491 e. The van der Waals surface area contributed by atoms with Crippen molar-refractivity contribution in [1.29, 1.82) is 0 Å². The van der Waals surface area contributed by atoms with Crippen molar-refractivity contribution in [2.75, 3.05) is 20.3 Å². The third-order valence-electron chi connectivity index (χ3n) is 2.92. The minimum atomic E-state index is -1.37. The van der Waals surface area contributed by atoms with Gasteiger partial charge in [-0.05, 0) is 44.5 Å². The Morgan fingerprint density at radius 1 is 1.24 bits per heavy atom. The molecule has 0 spiro atoms. The number of Topliss-reactive ketones (excluding diaryl/α,β-unsaturated/α-hetero) is 1. The lowest BCUT2D eigenvalue weighted by molar-refractivity contribution is -0.129. The van der Waals surface area contributed by atoms with Gasteiger partial charge in [0.25, 0.3) is 0 Å². The molecule has 1 atom stereocenters. The zero-order valence-electron chi connectivity index (χ0n) is 13.1. The van der Waals surface area contributed by atoms with E-state index in [4.69, 9.17) is 14.2 Å². The number of methoxy groups -OCH3 is 1. The fourth-order valence-electron chi connectivity index (χ4n) is 1.75. The fourth-order valence-corrected chi connectivity index (χ4v) is 1.75. The molecule has 118 valence electrons. The number of hydrogen-bond acceptors (Lipinski definition) is 5. The largest absolute Gasteiger partial charge is 0.491 e. The summed E-state index contributed by atoms with van der Waals surface area (Å²) in [6.45, 7) is 5.75. The summed E-state index contributed by atoms with van der Waals surface area (Å²) in [6, 6.07) is 6.68. The van der Waals surface area contributed by atoms with Gasteiger partial charge in [0.2, 0.25) is 0 Å². The van der Waals surface area contributed by atoms with Crippen molar-refractivity contribution in [3.8, 4) is 5.75 Å². The molecular weight excluding hydrogens is 272 g/mol. The van der Waals surface area contributed by atoms with Crippen LogP contribution in [-0.2, 0) is 9.47 Å². The van der Waals surface area contributed by atoms with Gasteiger partial charge in [0.1, 0.15) is 18.0 Å². The van der Waals surface area contributed by atoms with Gasteiger partial charge in [-0.15, -0.1) is 0 Å². The standard InChI is InChI=1S/C16H24O5/c1-5-14(19-4)21-11-10-20-13-8-6-12(7-9-13)15(17)16(2,3)18/h6-9,14,18H,5,10-11H2,1-4H3. The molecule has 0 aliphatic carbocycles. The third-order valence-corrected chi connectivity index (χ3v) is 2.92. The number of rotatable bonds is 9. The molecule has 0 radical (unpaired) electrons. The van der Waals surface area contributed by atoms with Crippen molar-refractivity contribution in [3.05, 3.63) is 29.8 Å². The first-order valence-electron chi connectivity index (χ1n) is 7.03. The molecule has 0 bridgehead atoms. The van der Waals surface area contributed by atoms with E-state index < -0.39 is 5.60 Å². The summed E-state index contributed by atoms with van der Waals surface area (Å²) in [5.74, 6) is 0.333. The van der Waals surface area contributed by atoms with Gasteiger partial charge in [-0.2, -0.15) is 0 Å². The fraction of sp³-hybridized carbons (Fsp3) is 0.562. The first-order valence-corrected chi connectivity index (χ1v) is 7.03. The van der Waals surface area contributed by atoms with Crippen LogP contribution < -0.4 is 4.74 Å². The predicted molar refractivity (Wildman–Crippen MR) is 79.6 cm³/mol. The molecule has 5 heteroatoms. The van der Waals surface area contributed by atoms with E-state index in [0.29, 0.717) is 24.5 Å². The summed E-state index contributed by atoms with van der Waals surface area (Å²) in [4.78, 5) is 11.9. The van der Waals surface area contributed by atoms with Crippen LogP contribution >= 0.6 is 0 Å². The zero-order chi connectivity index (χ0) is 15.9. The van der Waals surface area contributed by atoms with E-state index in [2.05, 4.69) is 0 Å². The van der Waals surface area contributed by atoms with E-state index in [1.807, 2.05) is 6.92 Å². The maximum Gasteiger partial charge on any atom is 0.193 e. The van der Waals surface area contributed by atoms with Crippen LogP contribution in [0.5, 0.6) is 5.75 Å². The molecule has 21 heavy (non-hydrogen) atoms. The van der Waals surface area contributed by atoms with Crippen molar-refractivity contribution in [1.82, 2.24) is 0 Å². The predicted octanol–water partition coefficient (Wildman–Crippen LogP) is 2.42. The van der Waals surface area contributed by atoms with Crippen LogP contribution in [0.25, 0.3) is 0 Å². The molecule has 1 aromatic rings. The highest BCUT2D eigenvalue weighted by Gasteiger charge is 2.24. The molecule has 0 saturated carbocycles. The Kier molecular flexibility index (Phi) is 6.81. The molecule has 1 aromatic carbocycles. The van der Waals surface area contributed by atoms with Crippen LogP contribution in [0, 0.1) is 0 Å².